The van der Waals surface area contributed by atoms with E-state index in [-0.39, 0.29) is 34.5 Å². The molecular weight excluding hydrogens is 397 g/mol. The second kappa shape index (κ2) is 8.20. The number of carbonyl (C=O) groups is 1. The van der Waals surface area contributed by atoms with E-state index in [1.807, 2.05) is 6.92 Å². The van der Waals surface area contributed by atoms with Gasteiger partial charge in [0.2, 0.25) is 15.7 Å². The molecule has 7 nitrogen and oxygen atoms in total. The van der Waals surface area contributed by atoms with Gasteiger partial charge in [-0.15, -0.1) is 0 Å². The third-order valence-electron chi connectivity index (χ3n) is 4.47. The first-order chi connectivity index (χ1) is 13.8. The van der Waals surface area contributed by atoms with Crippen molar-refractivity contribution >= 4 is 32.8 Å². The molecule has 0 spiro atoms. The molecule has 3 rings (SSSR count). The van der Waals surface area contributed by atoms with E-state index < -0.39 is 15.8 Å². The number of aromatic nitrogens is 1. The maximum atomic E-state index is 13.3. The fraction of sp³-hybridized carbons (Fsp3) is 0.300. The van der Waals surface area contributed by atoms with E-state index in [4.69, 9.17) is 4.42 Å². The van der Waals surface area contributed by atoms with Gasteiger partial charge in [-0.3, -0.25) is 9.52 Å². The average Bonchev–Trinajstić information content (AvgIpc) is 3.06. The van der Waals surface area contributed by atoms with Crippen molar-refractivity contribution in [1.82, 2.24) is 10.3 Å². The Balaban J connectivity index is 2.27. The Morgan fingerprint density at radius 2 is 1.90 bits per heavy atom. The van der Waals surface area contributed by atoms with E-state index >= 15 is 0 Å². The quantitative estimate of drug-likeness (QED) is 0.608. The van der Waals surface area contributed by atoms with Crippen LogP contribution in [0.5, 0.6) is 0 Å². The number of sulfonamides is 1. The van der Waals surface area contributed by atoms with Gasteiger partial charge in [0.25, 0.3) is 5.91 Å². The standard InChI is InChI=1S/C20H22FN3O4S/c1-4-6-13-11-15-16(19(25)22-3)17(12-7-9-14(21)10-8-12)28-20(15)23-18(13)24-29(26,27)5-2/h7-11H,4-6H2,1-3H3,(H,22,25)(H,23,24). The molecule has 2 N–H and O–H groups in total. The number of hydrogen-bond acceptors (Lipinski definition) is 5. The van der Waals surface area contributed by atoms with Crippen molar-refractivity contribution in [2.75, 3.05) is 17.5 Å². The van der Waals surface area contributed by atoms with Gasteiger partial charge in [-0.25, -0.2) is 12.8 Å². The molecule has 9 heteroatoms. The predicted molar refractivity (Wildman–Crippen MR) is 110 cm³/mol. The van der Waals surface area contributed by atoms with E-state index in [0.717, 1.165) is 6.42 Å². The molecule has 2 aromatic heterocycles. The topological polar surface area (TPSA) is 101 Å². The van der Waals surface area contributed by atoms with Gasteiger partial charge in [0, 0.05) is 12.6 Å². The minimum absolute atomic E-state index is 0.0965. The number of carbonyl (C=O) groups excluding carboxylic acids is 1. The summed E-state index contributed by atoms with van der Waals surface area (Å²) in [7, 11) is -2.04. The molecule has 0 aliphatic carbocycles. The van der Waals surface area contributed by atoms with Gasteiger partial charge in [-0.2, -0.15) is 4.98 Å². The van der Waals surface area contributed by atoms with Crippen molar-refractivity contribution in [1.29, 1.82) is 0 Å². The van der Waals surface area contributed by atoms with Crippen LogP contribution in [-0.2, 0) is 16.4 Å². The lowest BCUT2D eigenvalue weighted by Gasteiger charge is -2.10. The molecular formula is C20H22FN3O4S. The second-order valence-electron chi connectivity index (χ2n) is 6.50. The van der Waals surface area contributed by atoms with Gasteiger partial charge in [-0.1, -0.05) is 13.3 Å². The number of furan rings is 1. The number of fused-ring (bicyclic) bond motifs is 1. The zero-order valence-electron chi connectivity index (χ0n) is 16.4. The second-order valence-corrected chi connectivity index (χ2v) is 8.51. The number of nitrogens with one attached hydrogen (secondary N) is 2. The highest BCUT2D eigenvalue weighted by atomic mass is 32.2. The summed E-state index contributed by atoms with van der Waals surface area (Å²) in [6, 6.07) is 7.28. The Labute approximate surface area is 168 Å². The van der Waals surface area contributed by atoms with Crippen molar-refractivity contribution in [2.45, 2.75) is 26.7 Å². The number of anilines is 1. The molecule has 0 aliphatic rings. The Hall–Kier alpha value is -2.94. The first-order valence-electron chi connectivity index (χ1n) is 9.24. The maximum Gasteiger partial charge on any atom is 0.255 e. The Bertz CT molecular complexity index is 1150. The third-order valence-corrected chi connectivity index (χ3v) is 5.74. The molecule has 0 unspecified atom stereocenters. The summed E-state index contributed by atoms with van der Waals surface area (Å²) < 4.78 is 45.8. The molecule has 154 valence electrons. The lowest BCUT2D eigenvalue weighted by molar-refractivity contribution is 0.0964. The van der Waals surface area contributed by atoms with Crippen LogP contribution in [0.4, 0.5) is 10.2 Å². The van der Waals surface area contributed by atoms with Crippen LogP contribution in [0.15, 0.2) is 34.7 Å². The van der Waals surface area contributed by atoms with E-state index in [1.165, 1.54) is 38.2 Å². The fourth-order valence-corrected chi connectivity index (χ4v) is 3.60. The monoisotopic (exact) mass is 419 g/mol. The minimum Gasteiger partial charge on any atom is -0.437 e. The minimum atomic E-state index is -3.54. The molecule has 0 atom stereocenters. The molecule has 0 bridgehead atoms. The van der Waals surface area contributed by atoms with E-state index in [0.29, 0.717) is 22.9 Å². The van der Waals surface area contributed by atoms with E-state index in [2.05, 4.69) is 15.0 Å². The first-order valence-corrected chi connectivity index (χ1v) is 10.9. The van der Waals surface area contributed by atoms with Crippen LogP contribution in [0.25, 0.3) is 22.4 Å². The van der Waals surface area contributed by atoms with Crippen molar-refractivity contribution < 1.29 is 22.0 Å². The summed E-state index contributed by atoms with van der Waals surface area (Å²) in [4.78, 5) is 17.0. The van der Waals surface area contributed by atoms with Crippen LogP contribution in [0.1, 0.15) is 36.2 Å². The zero-order valence-corrected chi connectivity index (χ0v) is 17.2. The number of rotatable bonds is 7. The molecule has 1 aromatic carbocycles. The molecule has 0 saturated heterocycles. The highest BCUT2D eigenvalue weighted by molar-refractivity contribution is 7.92. The van der Waals surface area contributed by atoms with Gasteiger partial charge in [-0.05, 0) is 49.2 Å². The summed E-state index contributed by atoms with van der Waals surface area (Å²) in [6.07, 6.45) is 1.32. The first kappa shape index (κ1) is 20.8. The summed E-state index contributed by atoms with van der Waals surface area (Å²) in [6.45, 7) is 3.49. The average molecular weight is 419 g/mol. The number of halogens is 1. The Kier molecular flexibility index (Phi) is 5.88. The third kappa shape index (κ3) is 4.24. The highest BCUT2D eigenvalue weighted by Gasteiger charge is 2.24. The van der Waals surface area contributed by atoms with Crippen LogP contribution in [-0.4, -0.2) is 32.1 Å². The predicted octanol–water partition coefficient (Wildman–Crippen LogP) is 3.71. The highest BCUT2D eigenvalue weighted by Crippen LogP contribution is 2.35. The van der Waals surface area contributed by atoms with Gasteiger partial charge < -0.3 is 9.73 Å². The molecule has 0 saturated carbocycles. The molecule has 2 heterocycles. The Morgan fingerprint density at radius 1 is 1.21 bits per heavy atom. The lowest BCUT2D eigenvalue weighted by atomic mass is 10.0. The normalized spacial score (nSPS) is 11.6. The van der Waals surface area contributed by atoms with Crippen LogP contribution >= 0.6 is 0 Å². The molecule has 29 heavy (non-hydrogen) atoms. The molecule has 3 aromatic rings. The van der Waals surface area contributed by atoms with Crippen LogP contribution < -0.4 is 10.0 Å². The lowest BCUT2D eigenvalue weighted by Crippen LogP contribution is -2.18. The summed E-state index contributed by atoms with van der Waals surface area (Å²) >= 11 is 0. The van der Waals surface area contributed by atoms with Crippen LogP contribution in [0.3, 0.4) is 0 Å². The van der Waals surface area contributed by atoms with Crippen molar-refractivity contribution in [3.8, 4) is 11.3 Å². The molecule has 1 amide bonds. The smallest absolute Gasteiger partial charge is 0.255 e. The number of aryl methyl sites for hydroxylation is 1. The number of benzene rings is 1. The molecule has 0 fully saturated rings. The van der Waals surface area contributed by atoms with E-state index in [1.54, 1.807) is 6.07 Å². The van der Waals surface area contributed by atoms with Crippen molar-refractivity contribution in [2.24, 2.45) is 0 Å². The SMILES string of the molecule is CCCc1cc2c(C(=O)NC)c(-c3ccc(F)cc3)oc2nc1NS(=O)(=O)CC. The summed E-state index contributed by atoms with van der Waals surface area (Å²) in [5.74, 6) is -0.463. The summed E-state index contributed by atoms with van der Waals surface area (Å²) in [5, 5.41) is 3.05. The van der Waals surface area contributed by atoms with Gasteiger partial charge in [0.05, 0.1) is 16.7 Å². The molecule has 0 aliphatic heterocycles. The van der Waals surface area contributed by atoms with Crippen LogP contribution in [0.2, 0.25) is 0 Å². The van der Waals surface area contributed by atoms with Gasteiger partial charge in [0.1, 0.15) is 17.4 Å². The fourth-order valence-electron chi connectivity index (χ4n) is 2.99. The number of pyridine rings is 1. The number of nitrogens with zero attached hydrogens (tertiary/aromatic N) is 1. The largest absolute Gasteiger partial charge is 0.437 e. The van der Waals surface area contributed by atoms with Crippen molar-refractivity contribution in [3.63, 3.8) is 0 Å². The summed E-state index contributed by atoms with van der Waals surface area (Å²) in [5.41, 5.74) is 1.56. The van der Waals surface area contributed by atoms with Crippen molar-refractivity contribution in [3.05, 3.63) is 47.3 Å². The van der Waals surface area contributed by atoms with Crippen LogP contribution in [0, 0.1) is 5.82 Å². The molecule has 0 radical (unpaired) electrons. The van der Waals surface area contributed by atoms with Gasteiger partial charge >= 0.3 is 0 Å². The number of amides is 1. The maximum absolute atomic E-state index is 13.3. The van der Waals surface area contributed by atoms with Gasteiger partial charge in [0.15, 0.2) is 0 Å². The Morgan fingerprint density at radius 3 is 2.48 bits per heavy atom. The van der Waals surface area contributed by atoms with E-state index in [9.17, 15) is 17.6 Å². The number of hydrogen-bond donors (Lipinski definition) is 2. The zero-order chi connectivity index (χ0) is 21.2.